The molecule has 6 nitrogen and oxygen atoms in total. The van der Waals surface area contributed by atoms with Crippen molar-refractivity contribution in [1.82, 2.24) is 0 Å². The van der Waals surface area contributed by atoms with E-state index in [1.54, 1.807) is 0 Å². The van der Waals surface area contributed by atoms with E-state index in [4.69, 9.17) is 15.0 Å². The minimum Gasteiger partial charge on any atom is -0.352 e. The van der Waals surface area contributed by atoms with Crippen LogP contribution in [0.3, 0.4) is 0 Å². The number of hydrogen-bond donors (Lipinski definition) is 0. The summed E-state index contributed by atoms with van der Waals surface area (Å²) in [7, 11) is 0. The molecule has 0 aliphatic carbocycles. The van der Waals surface area contributed by atoms with Gasteiger partial charge < -0.3 is 14.3 Å². The van der Waals surface area contributed by atoms with E-state index < -0.39 is 6.29 Å². The van der Waals surface area contributed by atoms with Crippen LogP contribution in [0.5, 0.6) is 0 Å². The van der Waals surface area contributed by atoms with Gasteiger partial charge in [-0.05, 0) is 5.53 Å². The summed E-state index contributed by atoms with van der Waals surface area (Å²) in [6.45, 7) is 0.644. The third-order valence-electron chi connectivity index (χ3n) is 1.45. The number of rotatable bonds is 3. The van der Waals surface area contributed by atoms with Crippen LogP contribution in [0.25, 0.3) is 10.4 Å². The number of ether oxygens (including phenoxy) is 2. The van der Waals surface area contributed by atoms with Gasteiger partial charge in [-0.25, -0.2) is 0 Å². The van der Waals surface area contributed by atoms with Gasteiger partial charge in [0.2, 0.25) is 0 Å². The molecule has 66 valence electrons. The Bertz CT molecular complexity index is 194. The molecule has 0 atom stereocenters. The molecule has 0 amide bonds. The maximum Gasteiger partial charge on any atom is 0.164 e. The first-order chi connectivity index (χ1) is 5.86. The molecule has 1 heterocycles. The fraction of sp³-hybridized carbons (Fsp3) is 0.833. The van der Waals surface area contributed by atoms with Crippen LogP contribution in [0.1, 0.15) is 6.42 Å². The molecule has 1 rings (SSSR count). The van der Waals surface area contributed by atoms with Gasteiger partial charge in [-0.2, -0.15) is 0 Å². The van der Waals surface area contributed by atoms with Crippen LogP contribution in [0.15, 0.2) is 5.11 Å². The van der Waals surface area contributed by atoms with Crippen LogP contribution >= 0.6 is 0 Å². The molecule has 0 aromatic rings. The largest absolute Gasteiger partial charge is 0.352 e. The second-order valence-electron chi connectivity index (χ2n) is 2.36. The molecule has 0 bridgehead atoms. The lowest BCUT2D eigenvalue weighted by atomic mass is 10.3. The van der Waals surface area contributed by atoms with Crippen molar-refractivity contribution in [2.75, 3.05) is 13.2 Å². The van der Waals surface area contributed by atoms with Crippen LogP contribution in [-0.4, -0.2) is 31.8 Å². The van der Waals surface area contributed by atoms with E-state index in [0.717, 1.165) is 6.29 Å². The highest BCUT2D eigenvalue weighted by molar-refractivity contribution is 5.49. The fourth-order valence-electron chi connectivity index (χ4n) is 0.887. The zero-order valence-electron chi connectivity index (χ0n) is 6.42. The lowest BCUT2D eigenvalue weighted by molar-refractivity contribution is -0.186. The molecule has 0 spiro atoms. The van der Waals surface area contributed by atoms with Crippen molar-refractivity contribution in [3.8, 4) is 0 Å². The fourth-order valence-corrected chi connectivity index (χ4v) is 0.887. The molecule has 0 radical (unpaired) electrons. The maximum absolute atomic E-state index is 10.0. The van der Waals surface area contributed by atoms with Crippen molar-refractivity contribution >= 4 is 6.29 Å². The molecule has 0 saturated carbocycles. The van der Waals surface area contributed by atoms with Crippen LogP contribution < -0.4 is 0 Å². The van der Waals surface area contributed by atoms with Crippen molar-refractivity contribution < 1.29 is 14.3 Å². The Hall–Kier alpha value is -1.10. The third-order valence-corrected chi connectivity index (χ3v) is 1.45. The van der Waals surface area contributed by atoms with E-state index in [1.165, 1.54) is 0 Å². The van der Waals surface area contributed by atoms with E-state index in [0.29, 0.717) is 13.2 Å². The van der Waals surface area contributed by atoms with E-state index >= 15 is 0 Å². The molecule has 1 saturated heterocycles. The van der Waals surface area contributed by atoms with Gasteiger partial charge in [0.15, 0.2) is 6.29 Å². The molecule has 0 unspecified atom stereocenters. The summed E-state index contributed by atoms with van der Waals surface area (Å²) >= 11 is 0. The highest BCUT2D eigenvalue weighted by Crippen LogP contribution is 2.09. The van der Waals surface area contributed by atoms with Gasteiger partial charge in [0.05, 0.1) is 25.7 Å². The molecule has 1 fully saturated rings. The summed E-state index contributed by atoms with van der Waals surface area (Å²) in [6.07, 6.45) is 0.495. The molecular formula is C6H9N3O3. The first-order valence-corrected chi connectivity index (χ1v) is 3.58. The van der Waals surface area contributed by atoms with Crippen molar-refractivity contribution in [2.45, 2.75) is 18.8 Å². The maximum atomic E-state index is 10.0. The van der Waals surface area contributed by atoms with Crippen LogP contribution in [-0.2, 0) is 14.3 Å². The average molecular weight is 171 g/mol. The molecule has 0 N–H and O–H groups in total. The molecule has 0 aromatic heterocycles. The first kappa shape index (κ1) is 8.99. The first-order valence-electron chi connectivity index (χ1n) is 3.58. The Labute approximate surface area is 69.1 Å². The Morgan fingerprint density at radius 1 is 1.58 bits per heavy atom. The zero-order chi connectivity index (χ0) is 8.81. The number of carbonyl (C=O) groups excluding carboxylic acids is 1. The lowest BCUT2D eigenvalue weighted by Gasteiger charge is -2.25. The molecule has 6 heteroatoms. The summed E-state index contributed by atoms with van der Waals surface area (Å²) < 4.78 is 10.1. The molecule has 0 aromatic carbocycles. The van der Waals surface area contributed by atoms with Gasteiger partial charge in [-0.15, -0.1) is 0 Å². The second-order valence-corrected chi connectivity index (χ2v) is 2.36. The minimum atomic E-state index is -0.465. The van der Waals surface area contributed by atoms with Gasteiger partial charge >= 0.3 is 0 Å². The monoisotopic (exact) mass is 171 g/mol. The molecule has 1 aliphatic rings. The predicted octanol–water partition coefficient (Wildman–Crippen LogP) is 0.627. The quantitative estimate of drug-likeness (QED) is 0.270. The highest BCUT2D eigenvalue weighted by Gasteiger charge is 2.20. The molecule has 1 aliphatic heterocycles. The highest BCUT2D eigenvalue weighted by atomic mass is 16.7. The minimum absolute atomic E-state index is 0.225. The SMILES string of the molecule is [N-]=[N+]=NC1COC(CC=O)OC1. The Morgan fingerprint density at radius 2 is 2.25 bits per heavy atom. The van der Waals surface area contributed by atoms with Crippen LogP contribution in [0.4, 0.5) is 0 Å². The van der Waals surface area contributed by atoms with Gasteiger partial charge in [-0.1, -0.05) is 5.11 Å². The van der Waals surface area contributed by atoms with Crippen molar-refractivity contribution in [1.29, 1.82) is 0 Å². The summed E-state index contributed by atoms with van der Waals surface area (Å²) in [5.74, 6) is 0. The Balaban J connectivity index is 2.28. The standard InChI is InChI=1S/C6H9N3O3/c7-9-8-5-3-11-6(1-2-10)12-4-5/h2,5-6H,1,3-4H2. The van der Waals surface area contributed by atoms with E-state index in [1.807, 2.05) is 0 Å². The van der Waals surface area contributed by atoms with Crippen LogP contribution in [0.2, 0.25) is 0 Å². The summed E-state index contributed by atoms with van der Waals surface area (Å²) in [5.41, 5.74) is 8.08. The Morgan fingerprint density at radius 3 is 2.75 bits per heavy atom. The number of aldehydes is 1. The van der Waals surface area contributed by atoms with Crippen molar-refractivity contribution in [3.63, 3.8) is 0 Å². The Kier molecular flexibility index (Phi) is 3.53. The summed E-state index contributed by atoms with van der Waals surface area (Å²) in [6, 6.07) is -0.266. The normalized spacial score (nSPS) is 29.0. The van der Waals surface area contributed by atoms with Crippen LogP contribution in [0, 0.1) is 0 Å². The smallest absolute Gasteiger partial charge is 0.164 e. The predicted molar refractivity (Wildman–Crippen MR) is 39.3 cm³/mol. The van der Waals surface area contributed by atoms with Gasteiger partial charge in [0, 0.05) is 4.91 Å². The lowest BCUT2D eigenvalue weighted by Crippen LogP contribution is -2.34. The number of azide groups is 1. The molecular weight excluding hydrogens is 162 g/mol. The summed E-state index contributed by atoms with van der Waals surface area (Å²) in [4.78, 5) is 12.7. The van der Waals surface area contributed by atoms with Gasteiger partial charge in [-0.3, -0.25) is 0 Å². The second kappa shape index (κ2) is 4.71. The van der Waals surface area contributed by atoms with E-state index in [2.05, 4.69) is 10.0 Å². The average Bonchev–Trinajstić information content (AvgIpc) is 2.09. The number of carbonyl (C=O) groups is 1. The van der Waals surface area contributed by atoms with E-state index in [9.17, 15) is 4.79 Å². The summed E-state index contributed by atoms with van der Waals surface area (Å²) in [5, 5.41) is 3.42. The third kappa shape index (κ3) is 2.50. The van der Waals surface area contributed by atoms with E-state index in [-0.39, 0.29) is 12.5 Å². The van der Waals surface area contributed by atoms with Gasteiger partial charge in [0.25, 0.3) is 0 Å². The van der Waals surface area contributed by atoms with Gasteiger partial charge in [0.1, 0.15) is 6.29 Å². The zero-order valence-corrected chi connectivity index (χ0v) is 6.42. The number of hydrogen-bond acceptors (Lipinski definition) is 4. The number of nitrogens with zero attached hydrogens (tertiary/aromatic N) is 3. The van der Waals surface area contributed by atoms with Crippen molar-refractivity contribution in [3.05, 3.63) is 10.4 Å². The van der Waals surface area contributed by atoms with Crippen molar-refractivity contribution in [2.24, 2.45) is 5.11 Å². The topological polar surface area (TPSA) is 84.3 Å². The molecule has 12 heavy (non-hydrogen) atoms.